The largest absolute Gasteiger partial charge is 0.452 e. The van der Waals surface area contributed by atoms with Gasteiger partial charge in [-0.1, -0.05) is 12.1 Å². The second kappa shape index (κ2) is 7.63. The molecule has 6 nitrogen and oxygen atoms in total. The molecule has 1 aromatic carbocycles. The fourth-order valence-electron chi connectivity index (χ4n) is 1.48. The van der Waals surface area contributed by atoms with Crippen molar-refractivity contribution >= 4 is 23.9 Å². The minimum absolute atomic E-state index is 0.124. The first-order valence-corrected chi connectivity index (χ1v) is 6.31. The first-order valence-electron chi connectivity index (χ1n) is 6.31. The van der Waals surface area contributed by atoms with E-state index in [0.717, 1.165) is 6.08 Å². The lowest BCUT2D eigenvalue weighted by atomic mass is 10.2. The molecule has 2 aromatic rings. The Labute approximate surface area is 125 Å². The van der Waals surface area contributed by atoms with Crippen molar-refractivity contribution in [1.82, 2.24) is 9.97 Å². The van der Waals surface area contributed by atoms with E-state index >= 15 is 0 Å². The average molecular weight is 301 g/mol. The van der Waals surface area contributed by atoms with E-state index in [1.54, 1.807) is 12.1 Å². The Balaban J connectivity index is 1.79. The third kappa shape index (κ3) is 5.12. The molecule has 0 fully saturated rings. The summed E-state index contributed by atoms with van der Waals surface area (Å²) in [7, 11) is 0. The molecule has 0 radical (unpaired) electrons. The van der Waals surface area contributed by atoms with Crippen LogP contribution in [0.2, 0.25) is 0 Å². The summed E-state index contributed by atoms with van der Waals surface area (Å²) in [4.78, 5) is 30.5. The van der Waals surface area contributed by atoms with Gasteiger partial charge in [-0.25, -0.2) is 19.2 Å². The molecule has 7 heteroatoms. The van der Waals surface area contributed by atoms with Crippen LogP contribution in [-0.2, 0) is 14.3 Å². The Hall–Kier alpha value is -3.09. The number of nitrogens with one attached hydrogen (secondary N) is 1. The van der Waals surface area contributed by atoms with Gasteiger partial charge in [-0.05, 0) is 29.8 Å². The lowest BCUT2D eigenvalue weighted by Crippen LogP contribution is -2.21. The van der Waals surface area contributed by atoms with Gasteiger partial charge in [0, 0.05) is 18.5 Å². The van der Waals surface area contributed by atoms with E-state index in [4.69, 9.17) is 4.74 Å². The molecular formula is C15H12FN3O3. The molecule has 0 spiro atoms. The van der Waals surface area contributed by atoms with Crippen LogP contribution < -0.4 is 5.32 Å². The van der Waals surface area contributed by atoms with Crippen molar-refractivity contribution in [3.05, 3.63) is 60.2 Å². The standard InChI is InChI=1S/C15H12FN3O3/c16-12-4-1-3-11(9-12)5-6-14(21)22-10-13(20)19-15-17-7-2-8-18-15/h1-9H,10H2,(H,17,18,19,20). The number of anilines is 1. The molecule has 1 amide bonds. The predicted molar refractivity (Wildman–Crippen MR) is 77.1 cm³/mol. The fraction of sp³-hybridized carbons (Fsp3) is 0.0667. The minimum atomic E-state index is -0.714. The number of nitrogens with zero attached hydrogens (tertiary/aromatic N) is 2. The zero-order valence-corrected chi connectivity index (χ0v) is 11.4. The molecular weight excluding hydrogens is 289 g/mol. The van der Waals surface area contributed by atoms with Gasteiger partial charge in [0.15, 0.2) is 6.61 Å². The van der Waals surface area contributed by atoms with Crippen LogP contribution in [-0.4, -0.2) is 28.5 Å². The number of amides is 1. The average Bonchev–Trinajstić information content (AvgIpc) is 2.52. The molecule has 0 aliphatic heterocycles. The minimum Gasteiger partial charge on any atom is -0.452 e. The third-order valence-electron chi connectivity index (χ3n) is 2.42. The summed E-state index contributed by atoms with van der Waals surface area (Å²) in [5, 5.41) is 2.37. The number of hydrogen-bond donors (Lipinski definition) is 1. The quantitative estimate of drug-likeness (QED) is 0.673. The maximum absolute atomic E-state index is 12.9. The number of esters is 1. The van der Waals surface area contributed by atoms with Crippen LogP contribution in [0.1, 0.15) is 5.56 Å². The highest BCUT2D eigenvalue weighted by molar-refractivity contribution is 5.93. The lowest BCUT2D eigenvalue weighted by Gasteiger charge is -2.03. The molecule has 1 N–H and O–H groups in total. The normalized spacial score (nSPS) is 10.4. The van der Waals surface area contributed by atoms with Crippen LogP contribution in [0.25, 0.3) is 6.08 Å². The van der Waals surface area contributed by atoms with E-state index in [-0.39, 0.29) is 5.95 Å². The highest BCUT2D eigenvalue weighted by Gasteiger charge is 2.06. The van der Waals surface area contributed by atoms with E-state index in [0.29, 0.717) is 5.56 Å². The summed E-state index contributed by atoms with van der Waals surface area (Å²) in [6.07, 6.45) is 5.44. The first-order chi connectivity index (χ1) is 10.6. The van der Waals surface area contributed by atoms with Crippen molar-refractivity contribution in [1.29, 1.82) is 0 Å². The van der Waals surface area contributed by atoms with Gasteiger partial charge < -0.3 is 4.74 Å². The van der Waals surface area contributed by atoms with Crippen LogP contribution >= 0.6 is 0 Å². The van der Waals surface area contributed by atoms with Crippen molar-refractivity contribution in [3.63, 3.8) is 0 Å². The van der Waals surface area contributed by atoms with Gasteiger partial charge in [0.25, 0.3) is 5.91 Å². The van der Waals surface area contributed by atoms with Crippen molar-refractivity contribution in [2.24, 2.45) is 0 Å². The predicted octanol–water partition coefficient (Wildman–Crippen LogP) is 1.81. The number of rotatable bonds is 5. The molecule has 1 aromatic heterocycles. The maximum Gasteiger partial charge on any atom is 0.331 e. The van der Waals surface area contributed by atoms with Crippen molar-refractivity contribution < 1.29 is 18.7 Å². The number of carbonyl (C=O) groups is 2. The zero-order valence-electron chi connectivity index (χ0n) is 11.4. The van der Waals surface area contributed by atoms with Gasteiger partial charge in [0.2, 0.25) is 5.95 Å². The van der Waals surface area contributed by atoms with Crippen LogP contribution in [0.4, 0.5) is 10.3 Å². The molecule has 0 bridgehead atoms. The van der Waals surface area contributed by atoms with Gasteiger partial charge in [0.1, 0.15) is 5.82 Å². The summed E-state index contributed by atoms with van der Waals surface area (Å²) in [5.41, 5.74) is 0.513. The Morgan fingerprint density at radius 3 is 2.73 bits per heavy atom. The molecule has 2 rings (SSSR count). The zero-order chi connectivity index (χ0) is 15.8. The van der Waals surface area contributed by atoms with Gasteiger partial charge in [-0.15, -0.1) is 0 Å². The Kier molecular flexibility index (Phi) is 5.31. The highest BCUT2D eigenvalue weighted by atomic mass is 19.1. The maximum atomic E-state index is 12.9. The second-order valence-corrected chi connectivity index (χ2v) is 4.12. The van der Waals surface area contributed by atoms with Crippen LogP contribution in [0.3, 0.4) is 0 Å². The molecule has 0 atom stereocenters. The summed E-state index contributed by atoms with van der Waals surface area (Å²) < 4.78 is 17.7. The van der Waals surface area contributed by atoms with Crippen molar-refractivity contribution in [3.8, 4) is 0 Å². The van der Waals surface area contributed by atoms with Crippen LogP contribution in [0, 0.1) is 5.82 Å². The molecule has 112 valence electrons. The molecule has 0 aliphatic rings. The molecule has 1 heterocycles. The van der Waals surface area contributed by atoms with E-state index in [2.05, 4.69) is 15.3 Å². The van der Waals surface area contributed by atoms with E-state index < -0.39 is 24.3 Å². The second-order valence-electron chi connectivity index (χ2n) is 4.12. The Bertz CT molecular complexity index is 689. The van der Waals surface area contributed by atoms with E-state index in [1.165, 1.54) is 36.7 Å². The van der Waals surface area contributed by atoms with Gasteiger partial charge in [-0.3, -0.25) is 10.1 Å². The topological polar surface area (TPSA) is 81.2 Å². The molecule has 0 saturated carbocycles. The highest BCUT2D eigenvalue weighted by Crippen LogP contribution is 2.05. The SMILES string of the molecule is O=C(COC(=O)C=Cc1cccc(F)c1)Nc1ncccn1. The van der Waals surface area contributed by atoms with Gasteiger partial charge >= 0.3 is 5.97 Å². The Morgan fingerprint density at radius 1 is 1.23 bits per heavy atom. The fourth-order valence-corrected chi connectivity index (χ4v) is 1.48. The van der Waals surface area contributed by atoms with E-state index in [1.807, 2.05) is 0 Å². The number of ether oxygens (including phenoxy) is 1. The van der Waals surface area contributed by atoms with E-state index in [9.17, 15) is 14.0 Å². The van der Waals surface area contributed by atoms with Crippen molar-refractivity contribution in [2.75, 3.05) is 11.9 Å². The monoisotopic (exact) mass is 301 g/mol. The summed E-state index contributed by atoms with van der Waals surface area (Å²) in [5.74, 6) is -1.55. The number of halogens is 1. The smallest absolute Gasteiger partial charge is 0.331 e. The van der Waals surface area contributed by atoms with Gasteiger partial charge in [-0.2, -0.15) is 0 Å². The van der Waals surface area contributed by atoms with Crippen LogP contribution in [0.5, 0.6) is 0 Å². The number of benzene rings is 1. The Morgan fingerprint density at radius 2 is 2.00 bits per heavy atom. The molecule has 0 unspecified atom stereocenters. The lowest BCUT2D eigenvalue weighted by molar-refractivity contribution is -0.142. The molecule has 22 heavy (non-hydrogen) atoms. The number of carbonyl (C=O) groups excluding carboxylic acids is 2. The summed E-state index contributed by atoms with van der Waals surface area (Å²) in [6, 6.07) is 7.32. The van der Waals surface area contributed by atoms with Crippen molar-refractivity contribution in [2.45, 2.75) is 0 Å². The molecule has 0 aliphatic carbocycles. The van der Waals surface area contributed by atoms with Gasteiger partial charge in [0.05, 0.1) is 0 Å². The van der Waals surface area contributed by atoms with Crippen LogP contribution in [0.15, 0.2) is 48.8 Å². The summed E-state index contributed by atoms with van der Waals surface area (Å²) >= 11 is 0. The summed E-state index contributed by atoms with van der Waals surface area (Å²) in [6.45, 7) is -0.468. The third-order valence-corrected chi connectivity index (χ3v) is 2.42. The first kappa shape index (κ1) is 15.3. The molecule has 0 saturated heterocycles. The number of aromatic nitrogens is 2. The number of hydrogen-bond acceptors (Lipinski definition) is 5.